The predicted octanol–water partition coefficient (Wildman–Crippen LogP) is 4.77. The normalized spacial score (nSPS) is 11.2. The lowest BCUT2D eigenvalue weighted by atomic mass is 10.1. The fourth-order valence-corrected chi connectivity index (χ4v) is 2.74. The number of aryl methyl sites for hydroxylation is 2. The van der Waals surface area contributed by atoms with Crippen LogP contribution < -0.4 is 5.32 Å². The minimum Gasteiger partial charge on any atom is -0.452 e. The molecule has 0 radical (unpaired) electrons. The standard InChI is InChI=1S/C18H15ClF3NO3/c1-10-7-11(2)16(14(19)8-10)23-15(24)9-26-17(25)12-5-3-4-6-13(12)18(20,21)22/h3-8H,9H2,1-2H3,(H,23,24). The highest BCUT2D eigenvalue weighted by atomic mass is 35.5. The summed E-state index contributed by atoms with van der Waals surface area (Å²) in [5.74, 6) is -1.95. The van der Waals surface area contributed by atoms with E-state index in [1.165, 1.54) is 6.07 Å². The maximum absolute atomic E-state index is 12.9. The zero-order chi connectivity index (χ0) is 19.5. The fraction of sp³-hybridized carbons (Fsp3) is 0.222. The highest BCUT2D eigenvalue weighted by molar-refractivity contribution is 6.34. The van der Waals surface area contributed by atoms with Crippen LogP contribution in [0.3, 0.4) is 0 Å². The molecule has 2 aromatic carbocycles. The van der Waals surface area contributed by atoms with E-state index in [1.807, 2.05) is 6.92 Å². The number of benzene rings is 2. The second kappa shape index (κ2) is 7.78. The van der Waals surface area contributed by atoms with Crippen LogP contribution in [0.4, 0.5) is 18.9 Å². The number of alkyl halides is 3. The van der Waals surface area contributed by atoms with Gasteiger partial charge in [-0.05, 0) is 43.2 Å². The molecule has 1 N–H and O–H groups in total. The number of nitrogens with one attached hydrogen (secondary N) is 1. The number of amides is 1. The number of hydrogen-bond donors (Lipinski definition) is 1. The Bertz CT molecular complexity index is 827. The maximum atomic E-state index is 12.9. The van der Waals surface area contributed by atoms with Gasteiger partial charge in [0.25, 0.3) is 5.91 Å². The Kier molecular flexibility index (Phi) is 5.92. The molecule has 0 saturated carbocycles. The van der Waals surface area contributed by atoms with Crippen LogP contribution in [0.15, 0.2) is 36.4 Å². The molecule has 0 fully saturated rings. The molecule has 1 amide bonds. The van der Waals surface area contributed by atoms with Crippen molar-refractivity contribution in [3.63, 3.8) is 0 Å². The summed E-state index contributed by atoms with van der Waals surface area (Å²) < 4.78 is 43.5. The van der Waals surface area contributed by atoms with E-state index >= 15 is 0 Å². The summed E-state index contributed by atoms with van der Waals surface area (Å²) in [5, 5.41) is 2.80. The quantitative estimate of drug-likeness (QED) is 0.771. The average Bonchev–Trinajstić information content (AvgIpc) is 2.55. The van der Waals surface area contributed by atoms with Gasteiger partial charge < -0.3 is 10.1 Å². The van der Waals surface area contributed by atoms with Crippen LogP contribution in [0, 0.1) is 13.8 Å². The first-order valence-electron chi connectivity index (χ1n) is 7.49. The van der Waals surface area contributed by atoms with Crippen molar-refractivity contribution < 1.29 is 27.5 Å². The van der Waals surface area contributed by atoms with Crippen molar-refractivity contribution in [1.29, 1.82) is 0 Å². The summed E-state index contributed by atoms with van der Waals surface area (Å²) in [4.78, 5) is 23.9. The number of anilines is 1. The monoisotopic (exact) mass is 385 g/mol. The van der Waals surface area contributed by atoms with Crippen LogP contribution in [0.25, 0.3) is 0 Å². The molecular weight excluding hydrogens is 371 g/mol. The Labute approximate surface area is 152 Å². The Morgan fingerprint density at radius 1 is 1.15 bits per heavy atom. The molecule has 0 unspecified atom stereocenters. The van der Waals surface area contributed by atoms with Gasteiger partial charge in [0.1, 0.15) is 0 Å². The zero-order valence-corrected chi connectivity index (χ0v) is 14.7. The van der Waals surface area contributed by atoms with Gasteiger partial charge >= 0.3 is 12.1 Å². The number of rotatable bonds is 4. The van der Waals surface area contributed by atoms with Crippen LogP contribution in [0.5, 0.6) is 0 Å². The van der Waals surface area contributed by atoms with E-state index in [0.717, 1.165) is 23.8 Å². The molecule has 4 nitrogen and oxygen atoms in total. The number of ether oxygens (including phenoxy) is 1. The molecule has 138 valence electrons. The fourth-order valence-electron chi connectivity index (χ4n) is 2.37. The minimum atomic E-state index is -4.70. The first kappa shape index (κ1) is 19.8. The van der Waals surface area contributed by atoms with Crippen molar-refractivity contribution in [2.75, 3.05) is 11.9 Å². The van der Waals surface area contributed by atoms with Crippen LogP contribution in [-0.2, 0) is 15.7 Å². The Morgan fingerprint density at radius 2 is 1.81 bits per heavy atom. The first-order valence-corrected chi connectivity index (χ1v) is 7.87. The van der Waals surface area contributed by atoms with Gasteiger partial charge in [-0.1, -0.05) is 29.8 Å². The van der Waals surface area contributed by atoms with Gasteiger partial charge in [-0.25, -0.2) is 4.79 Å². The second-order valence-corrected chi connectivity index (χ2v) is 6.01. The lowest BCUT2D eigenvalue weighted by Gasteiger charge is -2.13. The SMILES string of the molecule is Cc1cc(C)c(NC(=O)COC(=O)c2ccccc2C(F)(F)F)c(Cl)c1. The molecule has 8 heteroatoms. The number of carbonyl (C=O) groups excluding carboxylic acids is 2. The molecule has 0 heterocycles. The van der Waals surface area contributed by atoms with E-state index < -0.39 is 35.8 Å². The van der Waals surface area contributed by atoms with Crippen LogP contribution in [0.2, 0.25) is 5.02 Å². The molecule has 0 saturated heterocycles. The van der Waals surface area contributed by atoms with Crippen molar-refractivity contribution in [1.82, 2.24) is 0 Å². The highest BCUT2D eigenvalue weighted by Crippen LogP contribution is 2.32. The van der Waals surface area contributed by atoms with Crippen molar-refractivity contribution in [2.24, 2.45) is 0 Å². The van der Waals surface area contributed by atoms with Gasteiger partial charge in [0, 0.05) is 0 Å². The van der Waals surface area contributed by atoms with Crippen LogP contribution in [0.1, 0.15) is 27.0 Å². The van der Waals surface area contributed by atoms with E-state index in [9.17, 15) is 22.8 Å². The van der Waals surface area contributed by atoms with E-state index in [1.54, 1.807) is 19.1 Å². The lowest BCUT2D eigenvalue weighted by molar-refractivity contribution is -0.138. The number of carbonyl (C=O) groups is 2. The van der Waals surface area contributed by atoms with E-state index in [-0.39, 0.29) is 0 Å². The van der Waals surface area contributed by atoms with E-state index in [4.69, 9.17) is 16.3 Å². The second-order valence-electron chi connectivity index (χ2n) is 5.61. The first-order chi connectivity index (χ1) is 12.1. The summed E-state index contributed by atoms with van der Waals surface area (Å²) in [6.07, 6.45) is -4.70. The smallest absolute Gasteiger partial charge is 0.417 e. The van der Waals surface area contributed by atoms with Crippen molar-refractivity contribution in [3.8, 4) is 0 Å². The highest BCUT2D eigenvalue weighted by Gasteiger charge is 2.35. The average molecular weight is 386 g/mol. The molecule has 0 spiro atoms. The molecule has 0 bridgehead atoms. The lowest BCUT2D eigenvalue weighted by Crippen LogP contribution is -2.23. The van der Waals surface area contributed by atoms with Crippen molar-refractivity contribution in [3.05, 3.63) is 63.7 Å². The number of hydrogen-bond acceptors (Lipinski definition) is 3. The third-order valence-corrected chi connectivity index (χ3v) is 3.78. The summed E-state index contributed by atoms with van der Waals surface area (Å²) in [6.45, 7) is 2.83. The molecule has 26 heavy (non-hydrogen) atoms. The van der Waals surface area contributed by atoms with Gasteiger partial charge in [0.2, 0.25) is 0 Å². The topological polar surface area (TPSA) is 55.4 Å². The van der Waals surface area contributed by atoms with Crippen LogP contribution >= 0.6 is 11.6 Å². The summed E-state index contributed by atoms with van der Waals surface area (Å²) in [7, 11) is 0. The third kappa shape index (κ3) is 4.76. The van der Waals surface area contributed by atoms with Gasteiger partial charge in [0.15, 0.2) is 6.61 Å². The van der Waals surface area contributed by atoms with Gasteiger partial charge in [-0.15, -0.1) is 0 Å². The maximum Gasteiger partial charge on any atom is 0.417 e. The van der Waals surface area contributed by atoms with Crippen LogP contribution in [-0.4, -0.2) is 18.5 Å². The Balaban J connectivity index is 2.06. The van der Waals surface area contributed by atoms with E-state index in [0.29, 0.717) is 16.3 Å². The van der Waals surface area contributed by atoms with Crippen molar-refractivity contribution in [2.45, 2.75) is 20.0 Å². The molecule has 2 rings (SSSR count). The molecular formula is C18H15ClF3NO3. The Hall–Kier alpha value is -2.54. The summed E-state index contributed by atoms with van der Waals surface area (Å²) >= 11 is 6.06. The zero-order valence-electron chi connectivity index (χ0n) is 13.9. The molecule has 0 aromatic heterocycles. The largest absolute Gasteiger partial charge is 0.452 e. The molecule has 0 aliphatic rings. The number of esters is 1. The summed E-state index contributed by atoms with van der Waals surface area (Å²) in [5.41, 5.74) is 0.187. The molecule has 2 aromatic rings. The molecule has 0 aliphatic carbocycles. The predicted molar refractivity (Wildman–Crippen MR) is 91.3 cm³/mol. The number of halogens is 4. The van der Waals surface area contributed by atoms with Gasteiger partial charge in [-0.3, -0.25) is 4.79 Å². The Morgan fingerprint density at radius 3 is 2.42 bits per heavy atom. The van der Waals surface area contributed by atoms with E-state index in [2.05, 4.69) is 5.32 Å². The van der Waals surface area contributed by atoms with Gasteiger partial charge in [-0.2, -0.15) is 13.2 Å². The van der Waals surface area contributed by atoms with Gasteiger partial charge in [0.05, 0.1) is 21.8 Å². The third-order valence-electron chi connectivity index (χ3n) is 3.48. The molecule has 0 atom stereocenters. The molecule has 0 aliphatic heterocycles. The summed E-state index contributed by atoms with van der Waals surface area (Å²) in [6, 6.07) is 7.65. The van der Waals surface area contributed by atoms with Crippen molar-refractivity contribution >= 4 is 29.2 Å². The minimum absolute atomic E-state index is 0.310.